The smallest absolute Gasteiger partial charge is 0.250 e. The lowest BCUT2D eigenvalue weighted by Gasteiger charge is -2.37. The Labute approximate surface area is 118 Å². The normalized spacial score (nSPS) is 26.0. The molecule has 2 fully saturated rings. The Kier molecular flexibility index (Phi) is 3.15. The van der Waals surface area contributed by atoms with Gasteiger partial charge < -0.3 is 5.32 Å². The number of benzene rings is 1. The number of rotatable bonds is 2. The van der Waals surface area contributed by atoms with E-state index in [0.29, 0.717) is 12.1 Å². The summed E-state index contributed by atoms with van der Waals surface area (Å²) in [6.07, 6.45) is 1.61. The van der Waals surface area contributed by atoms with Crippen LogP contribution in [0.5, 0.6) is 0 Å². The van der Waals surface area contributed by atoms with E-state index in [-0.39, 0.29) is 5.92 Å². The maximum Gasteiger partial charge on any atom is 0.250 e. The van der Waals surface area contributed by atoms with Gasteiger partial charge in [-0.3, -0.25) is 14.5 Å². The zero-order valence-corrected chi connectivity index (χ0v) is 11.2. The number of halogens is 3. The van der Waals surface area contributed by atoms with Gasteiger partial charge in [-0.2, -0.15) is 0 Å². The van der Waals surface area contributed by atoms with Crippen molar-refractivity contribution in [3.63, 3.8) is 0 Å². The number of hydrogen-bond acceptors (Lipinski definition) is 2. The molecule has 1 saturated heterocycles. The molecule has 1 saturated carbocycles. The molecule has 0 radical (unpaired) electrons. The average Bonchev–Trinajstić information content (AvgIpc) is 3.24. The van der Waals surface area contributed by atoms with E-state index >= 15 is 0 Å². The van der Waals surface area contributed by atoms with Crippen LogP contribution in [-0.4, -0.2) is 23.9 Å². The third-order valence-corrected chi connectivity index (χ3v) is 3.91. The molecule has 1 aliphatic heterocycles. The third-order valence-electron chi connectivity index (χ3n) is 3.91. The Bertz CT molecular complexity index is 631. The van der Waals surface area contributed by atoms with Crippen molar-refractivity contribution in [2.75, 3.05) is 4.90 Å². The Morgan fingerprint density at radius 2 is 1.71 bits per heavy atom. The molecule has 0 aromatic heterocycles. The number of nitrogens with zero attached hydrogens (tertiary/aromatic N) is 1. The van der Waals surface area contributed by atoms with Crippen molar-refractivity contribution >= 4 is 17.5 Å². The molecule has 1 aliphatic carbocycles. The van der Waals surface area contributed by atoms with Crippen molar-refractivity contribution < 1.29 is 22.8 Å². The molecule has 1 heterocycles. The highest BCUT2D eigenvalue weighted by atomic mass is 19.2. The second kappa shape index (κ2) is 4.75. The van der Waals surface area contributed by atoms with Gasteiger partial charge in [-0.25, -0.2) is 13.2 Å². The molecule has 3 rings (SSSR count). The summed E-state index contributed by atoms with van der Waals surface area (Å²) in [6, 6.07) is -0.710. The number of carbonyl (C=O) groups excluding carboxylic acids is 2. The van der Waals surface area contributed by atoms with E-state index < -0.39 is 47.0 Å². The van der Waals surface area contributed by atoms with Crippen LogP contribution in [-0.2, 0) is 9.59 Å². The molecule has 1 aromatic rings. The number of hydrogen-bond donors (Lipinski definition) is 1. The predicted molar refractivity (Wildman–Crippen MR) is 67.9 cm³/mol. The minimum atomic E-state index is -1.34. The van der Waals surface area contributed by atoms with Crippen LogP contribution in [0.2, 0.25) is 0 Å². The van der Waals surface area contributed by atoms with E-state index in [0.717, 1.165) is 17.7 Å². The van der Waals surface area contributed by atoms with Gasteiger partial charge >= 0.3 is 0 Å². The predicted octanol–water partition coefficient (Wildman–Crippen LogP) is 1.73. The fourth-order valence-electron chi connectivity index (χ4n) is 2.57. The minimum Gasteiger partial charge on any atom is -0.342 e. The van der Waals surface area contributed by atoms with Crippen LogP contribution in [0.4, 0.5) is 18.9 Å². The monoisotopic (exact) mass is 298 g/mol. The Balaban J connectivity index is 2.03. The minimum absolute atomic E-state index is 0.0322. The number of anilines is 1. The molecule has 2 atom stereocenters. The molecule has 112 valence electrons. The van der Waals surface area contributed by atoms with Crippen molar-refractivity contribution in [1.82, 2.24) is 5.32 Å². The standard InChI is InChI=1S/C14H13F3N2O2/c1-6-13(20)18-12(7-2-3-7)14(21)19(6)11-5-9(16)8(15)4-10(11)17/h4-7,12H,2-3H2,1H3,(H,18,20). The van der Waals surface area contributed by atoms with Crippen LogP contribution >= 0.6 is 0 Å². The van der Waals surface area contributed by atoms with Crippen LogP contribution in [0.15, 0.2) is 12.1 Å². The Morgan fingerprint density at radius 1 is 1.10 bits per heavy atom. The van der Waals surface area contributed by atoms with E-state index in [1.54, 1.807) is 0 Å². The Hall–Kier alpha value is -2.05. The molecule has 0 spiro atoms. The van der Waals surface area contributed by atoms with E-state index in [9.17, 15) is 22.8 Å². The zero-order chi connectivity index (χ0) is 15.3. The van der Waals surface area contributed by atoms with Crippen LogP contribution in [0.25, 0.3) is 0 Å². The Morgan fingerprint density at radius 3 is 2.33 bits per heavy atom. The van der Waals surface area contributed by atoms with Crippen molar-refractivity contribution in [2.24, 2.45) is 5.92 Å². The summed E-state index contributed by atoms with van der Waals surface area (Å²) in [5.41, 5.74) is -0.410. The lowest BCUT2D eigenvalue weighted by molar-refractivity contribution is -0.134. The molecule has 21 heavy (non-hydrogen) atoms. The summed E-state index contributed by atoms with van der Waals surface area (Å²) in [4.78, 5) is 25.3. The van der Waals surface area contributed by atoms with Gasteiger partial charge in [0.05, 0.1) is 5.69 Å². The molecule has 7 heteroatoms. The van der Waals surface area contributed by atoms with E-state index in [1.807, 2.05) is 0 Å². The maximum absolute atomic E-state index is 13.9. The first-order valence-corrected chi connectivity index (χ1v) is 6.68. The number of piperazine rings is 1. The molecule has 4 nitrogen and oxygen atoms in total. The highest BCUT2D eigenvalue weighted by Gasteiger charge is 2.46. The van der Waals surface area contributed by atoms with Crippen LogP contribution in [0, 0.1) is 23.4 Å². The summed E-state index contributed by atoms with van der Waals surface area (Å²) in [7, 11) is 0. The van der Waals surface area contributed by atoms with Crippen LogP contribution in [0.1, 0.15) is 19.8 Å². The second-order valence-electron chi connectivity index (χ2n) is 5.43. The fraction of sp³-hybridized carbons (Fsp3) is 0.429. The van der Waals surface area contributed by atoms with Crippen molar-refractivity contribution in [3.8, 4) is 0 Å². The van der Waals surface area contributed by atoms with Gasteiger partial charge in [-0.05, 0) is 25.7 Å². The van der Waals surface area contributed by atoms with Gasteiger partial charge in [-0.15, -0.1) is 0 Å². The van der Waals surface area contributed by atoms with Crippen molar-refractivity contribution in [1.29, 1.82) is 0 Å². The first kappa shape index (κ1) is 13.9. The summed E-state index contributed by atoms with van der Waals surface area (Å²) >= 11 is 0. The van der Waals surface area contributed by atoms with E-state index in [4.69, 9.17) is 0 Å². The van der Waals surface area contributed by atoms with Crippen LogP contribution < -0.4 is 10.2 Å². The number of carbonyl (C=O) groups is 2. The van der Waals surface area contributed by atoms with Gasteiger partial charge in [0.2, 0.25) is 5.91 Å². The summed E-state index contributed by atoms with van der Waals surface area (Å²) in [6.45, 7) is 1.41. The lowest BCUT2D eigenvalue weighted by atomic mass is 10.0. The van der Waals surface area contributed by atoms with Gasteiger partial charge in [0.1, 0.15) is 17.9 Å². The molecule has 1 aromatic carbocycles. The van der Waals surface area contributed by atoms with E-state index in [1.165, 1.54) is 6.92 Å². The molecule has 2 amide bonds. The van der Waals surface area contributed by atoms with Gasteiger partial charge in [0, 0.05) is 12.1 Å². The molecule has 1 N–H and O–H groups in total. The summed E-state index contributed by atoms with van der Waals surface area (Å²) < 4.78 is 40.3. The third kappa shape index (κ3) is 2.26. The fourth-order valence-corrected chi connectivity index (χ4v) is 2.57. The molecular formula is C14H13F3N2O2. The zero-order valence-electron chi connectivity index (χ0n) is 11.2. The first-order valence-electron chi connectivity index (χ1n) is 6.68. The van der Waals surface area contributed by atoms with E-state index in [2.05, 4.69) is 5.32 Å². The summed E-state index contributed by atoms with van der Waals surface area (Å²) in [5.74, 6) is -4.56. The van der Waals surface area contributed by atoms with Gasteiger partial charge in [-0.1, -0.05) is 0 Å². The maximum atomic E-state index is 13.9. The highest BCUT2D eigenvalue weighted by Crippen LogP contribution is 2.36. The first-order chi connectivity index (χ1) is 9.90. The van der Waals surface area contributed by atoms with Crippen LogP contribution in [0.3, 0.4) is 0 Å². The average molecular weight is 298 g/mol. The molecule has 2 aliphatic rings. The SMILES string of the molecule is CC1C(=O)NC(C2CC2)C(=O)N1c1cc(F)c(F)cc1F. The second-order valence-corrected chi connectivity index (χ2v) is 5.43. The topological polar surface area (TPSA) is 49.4 Å². The molecular weight excluding hydrogens is 285 g/mol. The van der Waals surface area contributed by atoms with Gasteiger partial charge in [0.15, 0.2) is 11.6 Å². The molecule has 2 unspecified atom stereocenters. The quantitative estimate of drug-likeness (QED) is 0.845. The van der Waals surface area contributed by atoms with Gasteiger partial charge in [0.25, 0.3) is 5.91 Å². The highest BCUT2D eigenvalue weighted by molar-refractivity contribution is 6.08. The largest absolute Gasteiger partial charge is 0.342 e. The van der Waals surface area contributed by atoms with Crippen molar-refractivity contribution in [3.05, 3.63) is 29.6 Å². The van der Waals surface area contributed by atoms with Crippen molar-refractivity contribution in [2.45, 2.75) is 31.8 Å². The number of nitrogens with one attached hydrogen (secondary N) is 1. The lowest BCUT2D eigenvalue weighted by Crippen LogP contribution is -2.63. The number of amides is 2. The molecule has 0 bridgehead atoms. The summed E-state index contributed by atoms with van der Waals surface area (Å²) in [5, 5.41) is 2.60.